The second-order valence-corrected chi connectivity index (χ2v) is 14.2. The average Bonchev–Trinajstić information content (AvgIpc) is 3.30. The van der Waals surface area contributed by atoms with E-state index >= 15 is 0 Å². The van der Waals surface area contributed by atoms with Gasteiger partial charge in [0, 0.05) is 36.5 Å². The number of carbonyl (C=O) groups excluding carboxylic acids is 2. The molecular weight excluding hydrogens is 627 g/mol. The van der Waals surface area contributed by atoms with Crippen LogP contribution < -0.4 is 16.0 Å². The zero-order chi connectivity index (χ0) is 33.7. The largest absolute Gasteiger partial charge is 0.394 e. The van der Waals surface area contributed by atoms with Gasteiger partial charge in [0.15, 0.2) is 0 Å². The van der Waals surface area contributed by atoms with Crippen molar-refractivity contribution >= 4 is 39.6 Å². The number of aryl methyl sites for hydroxylation is 2. The number of nitrogens with zero attached hydrogens (tertiary/aromatic N) is 3. The van der Waals surface area contributed by atoms with Crippen LogP contribution in [0.2, 0.25) is 0 Å². The minimum Gasteiger partial charge on any atom is -0.394 e. The molecule has 1 spiro atoms. The monoisotopic (exact) mass is 671 g/mol. The van der Waals surface area contributed by atoms with Gasteiger partial charge in [0.1, 0.15) is 11.4 Å². The molecule has 0 radical (unpaired) electrons. The van der Waals surface area contributed by atoms with Crippen LogP contribution in [0.5, 0.6) is 0 Å². The van der Waals surface area contributed by atoms with Gasteiger partial charge in [-0.25, -0.2) is 13.2 Å². The van der Waals surface area contributed by atoms with E-state index in [2.05, 4.69) is 5.32 Å². The zero-order valence-corrected chi connectivity index (χ0v) is 27.1. The van der Waals surface area contributed by atoms with Crippen LogP contribution in [0.3, 0.4) is 0 Å². The van der Waals surface area contributed by atoms with Crippen LogP contribution in [0, 0.1) is 25.7 Å². The number of carbonyl (C=O) groups is 2. The Morgan fingerprint density at radius 3 is 2.37 bits per heavy atom. The van der Waals surface area contributed by atoms with Gasteiger partial charge in [0.25, 0.3) is 5.91 Å². The lowest BCUT2D eigenvalue weighted by atomic mass is 9.79. The van der Waals surface area contributed by atoms with Crippen LogP contribution in [0.1, 0.15) is 68.1 Å². The highest BCUT2D eigenvalue weighted by molar-refractivity contribution is 7.92. The number of hydrogen-bond acceptors (Lipinski definition) is 7. The van der Waals surface area contributed by atoms with Crippen LogP contribution in [-0.2, 0) is 19.6 Å². The van der Waals surface area contributed by atoms with Crippen LogP contribution in [-0.4, -0.2) is 86.8 Å². The van der Waals surface area contributed by atoms with Crippen molar-refractivity contribution in [1.29, 1.82) is 0 Å². The molecule has 1 aliphatic carbocycles. The third kappa shape index (κ3) is 8.87. The van der Waals surface area contributed by atoms with Gasteiger partial charge in [-0.05, 0) is 99.6 Å². The molecule has 2 fully saturated rings. The summed E-state index contributed by atoms with van der Waals surface area (Å²) >= 11 is 0. The number of aliphatic hydroxyl groups excluding tert-OH is 1. The summed E-state index contributed by atoms with van der Waals surface area (Å²) in [6.45, 7) is 4.21. The van der Waals surface area contributed by atoms with Gasteiger partial charge in [0.05, 0.1) is 26.4 Å². The van der Waals surface area contributed by atoms with Crippen LogP contribution in [0.15, 0.2) is 22.5 Å². The molecule has 3 aliphatic rings. The van der Waals surface area contributed by atoms with Crippen molar-refractivity contribution in [1.82, 2.24) is 9.62 Å². The molecule has 1 saturated heterocycles. The molecular formula is C31H44F3N5O6S. The van der Waals surface area contributed by atoms with E-state index in [1.54, 1.807) is 26.0 Å². The summed E-state index contributed by atoms with van der Waals surface area (Å²) in [5.74, 6) is 0.343. The average molecular weight is 672 g/mol. The first-order valence-electron chi connectivity index (χ1n) is 15.7. The van der Waals surface area contributed by atoms with E-state index in [1.165, 1.54) is 15.3 Å². The Hall–Kier alpha value is -3.01. The summed E-state index contributed by atoms with van der Waals surface area (Å²) in [5, 5.41) is 12.9. The molecule has 46 heavy (non-hydrogen) atoms. The van der Waals surface area contributed by atoms with Crippen molar-refractivity contribution in [3.05, 3.63) is 34.2 Å². The number of amidine groups is 1. The first-order chi connectivity index (χ1) is 21.6. The van der Waals surface area contributed by atoms with Gasteiger partial charge in [-0.1, -0.05) is 0 Å². The van der Waals surface area contributed by atoms with Crippen LogP contribution >= 0.6 is 0 Å². The molecule has 1 aromatic carbocycles. The number of sulfonamides is 1. The molecule has 0 unspecified atom stereocenters. The number of primary amides is 1. The van der Waals surface area contributed by atoms with Gasteiger partial charge < -0.3 is 20.9 Å². The van der Waals surface area contributed by atoms with E-state index < -0.39 is 34.2 Å². The number of halogens is 3. The number of piperidine rings is 1. The van der Waals surface area contributed by atoms with Gasteiger partial charge in [-0.15, -0.1) is 0 Å². The summed E-state index contributed by atoms with van der Waals surface area (Å²) in [7, 11) is -3.82. The minimum absolute atomic E-state index is 0.0114. The van der Waals surface area contributed by atoms with Gasteiger partial charge >= 0.3 is 12.2 Å². The highest BCUT2D eigenvalue weighted by atomic mass is 32.2. The molecule has 0 atom stereocenters. The van der Waals surface area contributed by atoms with E-state index in [-0.39, 0.29) is 76.5 Å². The highest BCUT2D eigenvalue weighted by Crippen LogP contribution is 2.38. The number of ether oxygens (including phenoxy) is 1. The fraction of sp³-hybridized carbons (Fsp3) is 0.645. The second-order valence-electron chi connectivity index (χ2n) is 12.4. The van der Waals surface area contributed by atoms with Crippen molar-refractivity contribution in [2.75, 3.05) is 44.4 Å². The molecule has 3 amide bonds. The first-order valence-corrected chi connectivity index (χ1v) is 17.2. The molecule has 15 heteroatoms. The third-order valence-corrected chi connectivity index (χ3v) is 10.8. The Labute approximate surface area is 268 Å². The first kappa shape index (κ1) is 35.8. The molecule has 256 valence electrons. The maximum absolute atomic E-state index is 13.3. The summed E-state index contributed by atoms with van der Waals surface area (Å²) < 4.78 is 71.0. The number of hydrogen-bond donors (Lipinski definition) is 3. The summed E-state index contributed by atoms with van der Waals surface area (Å²) in [4.78, 5) is 31.2. The number of rotatable bonds is 12. The second kappa shape index (κ2) is 14.8. The van der Waals surface area contributed by atoms with E-state index in [0.29, 0.717) is 42.8 Å². The number of urea groups is 1. The van der Waals surface area contributed by atoms with E-state index in [0.717, 1.165) is 16.5 Å². The number of benzene rings is 1. The quantitative estimate of drug-likeness (QED) is 0.286. The number of aliphatic imine (C=N–C) groups is 1. The zero-order valence-electron chi connectivity index (χ0n) is 26.3. The fourth-order valence-corrected chi connectivity index (χ4v) is 7.75. The summed E-state index contributed by atoms with van der Waals surface area (Å²) in [6, 6.07) is 2.81. The minimum atomic E-state index is -4.15. The molecule has 4 rings (SSSR count). The number of aliphatic hydroxyl groups is 1. The number of nitrogens with two attached hydrogens (primary N) is 1. The summed E-state index contributed by atoms with van der Waals surface area (Å²) in [6.07, 6.45) is -0.161. The van der Waals surface area contributed by atoms with Crippen molar-refractivity contribution in [2.24, 2.45) is 22.6 Å². The lowest BCUT2D eigenvalue weighted by Gasteiger charge is -2.34. The highest BCUT2D eigenvalue weighted by Gasteiger charge is 2.48. The lowest BCUT2D eigenvalue weighted by molar-refractivity contribution is -0.138. The predicted molar refractivity (Wildman–Crippen MR) is 169 cm³/mol. The maximum atomic E-state index is 13.3. The van der Waals surface area contributed by atoms with Crippen molar-refractivity contribution in [3.63, 3.8) is 0 Å². The van der Waals surface area contributed by atoms with Gasteiger partial charge in [-0.3, -0.25) is 14.7 Å². The summed E-state index contributed by atoms with van der Waals surface area (Å²) in [5.41, 5.74) is 7.23. The van der Waals surface area contributed by atoms with E-state index in [4.69, 9.17) is 20.6 Å². The Bertz CT molecular complexity index is 1410. The van der Waals surface area contributed by atoms with Gasteiger partial charge in [-0.2, -0.15) is 17.5 Å². The topological polar surface area (TPSA) is 155 Å². The molecule has 0 aromatic heterocycles. The fourth-order valence-electron chi connectivity index (χ4n) is 6.58. The van der Waals surface area contributed by atoms with Crippen molar-refractivity contribution < 1.29 is 41.0 Å². The Morgan fingerprint density at radius 2 is 1.80 bits per heavy atom. The molecule has 2 aliphatic heterocycles. The normalized spacial score (nSPS) is 22.3. The SMILES string of the molecule is Cc1cc(N(CCOCCO)C(N)=O)cc(C)c1/C=C/S(=O)(=O)N1CCC2(CC1)N=C(C1CCC(CCC(F)(F)F)CC1)NC2=O. The standard InChI is InChI=1S/C31H44F3N5O6S/c1-21-19-25(39(29(35)42)14-16-45-17-15-40)20-22(2)26(21)8-18-46(43,44)38-12-10-30(11-13-38)28(41)36-27(37-30)24-5-3-23(4-6-24)7-9-31(32,33)34/h8,18-20,23-24,40H,3-7,9-17H2,1-2H3,(H2,35,42)(H,36,37,41)/b18-8+. The molecule has 4 N–H and O–H groups in total. The molecule has 1 saturated carbocycles. The predicted octanol–water partition coefficient (Wildman–Crippen LogP) is 4.01. The molecule has 11 nitrogen and oxygen atoms in total. The Kier molecular flexibility index (Phi) is 11.5. The third-order valence-electron chi connectivity index (χ3n) is 9.24. The number of amides is 3. The lowest BCUT2D eigenvalue weighted by Crippen LogP contribution is -2.50. The number of nitrogens with one attached hydrogen (secondary N) is 1. The molecule has 2 heterocycles. The number of anilines is 1. The maximum Gasteiger partial charge on any atom is 0.389 e. The number of alkyl halides is 3. The van der Waals surface area contributed by atoms with Gasteiger partial charge in [0.2, 0.25) is 10.0 Å². The van der Waals surface area contributed by atoms with Crippen molar-refractivity contribution in [2.45, 2.75) is 76.9 Å². The van der Waals surface area contributed by atoms with Crippen LogP contribution in [0.25, 0.3) is 6.08 Å². The smallest absolute Gasteiger partial charge is 0.389 e. The van der Waals surface area contributed by atoms with Crippen molar-refractivity contribution in [3.8, 4) is 0 Å². The van der Waals surface area contributed by atoms with E-state index in [9.17, 15) is 31.2 Å². The molecule has 1 aromatic rings. The van der Waals surface area contributed by atoms with Crippen LogP contribution in [0.4, 0.5) is 23.7 Å². The Morgan fingerprint density at radius 1 is 1.17 bits per heavy atom. The Balaban J connectivity index is 1.36. The van der Waals surface area contributed by atoms with E-state index in [1.807, 2.05) is 0 Å². The molecule has 0 bridgehead atoms.